The van der Waals surface area contributed by atoms with Crippen LogP contribution in [0.25, 0.3) is 0 Å². The first-order chi connectivity index (χ1) is 14.1. The van der Waals surface area contributed by atoms with Gasteiger partial charge in [-0.2, -0.15) is 0 Å². The molecule has 0 aromatic rings. The Labute approximate surface area is 180 Å². The van der Waals surface area contributed by atoms with Crippen molar-refractivity contribution in [2.45, 2.75) is 77.2 Å². The molecule has 1 aliphatic carbocycles. The molecule has 1 N–H and O–H groups in total. The third-order valence-electron chi connectivity index (χ3n) is 6.85. The highest BCUT2D eigenvalue weighted by atomic mass is 16.6. The second kappa shape index (κ2) is 9.01. The summed E-state index contributed by atoms with van der Waals surface area (Å²) in [7, 11) is 1.65. The van der Waals surface area contributed by atoms with Crippen LogP contribution in [0.1, 0.15) is 53.4 Å². The van der Waals surface area contributed by atoms with Crippen LogP contribution in [0.15, 0.2) is 0 Å². The summed E-state index contributed by atoms with van der Waals surface area (Å²) in [5.74, 6) is -0.0650. The van der Waals surface area contributed by atoms with Crippen molar-refractivity contribution in [1.29, 1.82) is 0 Å². The quantitative estimate of drug-likeness (QED) is 0.698. The van der Waals surface area contributed by atoms with E-state index in [1.165, 1.54) is 4.90 Å². The molecule has 0 aromatic carbocycles. The predicted octanol–water partition coefficient (Wildman–Crippen LogP) is 1.71. The van der Waals surface area contributed by atoms with E-state index in [9.17, 15) is 14.7 Å². The molecule has 8 nitrogen and oxygen atoms in total. The van der Waals surface area contributed by atoms with E-state index < -0.39 is 17.7 Å². The fourth-order valence-electron chi connectivity index (χ4n) is 4.70. The van der Waals surface area contributed by atoms with Crippen molar-refractivity contribution in [3.8, 4) is 0 Å². The van der Waals surface area contributed by atoms with Crippen LogP contribution in [0.2, 0.25) is 0 Å². The van der Waals surface area contributed by atoms with Crippen LogP contribution in [0.5, 0.6) is 0 Å². The highest BCUT2D eigenvalue weighted by Crippen LogP contribution is 2.53. The molecule has 2 heterocycles. The zero-order valence-electron chi connectivity index (χ0n) is 19.2. The number of methoxy groups -OCH3 is 1. The molecule has 30 heavy (non-hydrogen) atoms. The molecule has 3 aliphatic rings. The highest BCUT2D eigenvalue weighted by Gasteiger charge is 2.51. The van der Waals surface area contributed by atoms with Gasteiger partial charge in [0.25, 0.3) is 0 Å². The Balaban J connectivity index is 1.55. The molecule has 2 unspecified atom stereocenters. The van der Waals surface area contributed by atoms with Crippen LogP contribution >= 0.6 is 0 Å². The van der Waals surface area contributed by atoms with E-state index in [0.717, 1.165) is 45.3 Å². The number of hydrogen-bond donors (Lipinski definition) is 1. The van der Waals surface area contributed by atoms with Gasteiger partial charge in [-0.15, -0.1) is 0 Å². The molecule has 0 radical (unpaired) electrons. The predicted molar refractivity (Wildman–Crippen MR) is 113 cm³/mol. The lowest BCUT2D eigenvalue weighted by Gasteiger charge is -2.43. The van der Waals surface area contributed by atoms with Gasteiger partial charge in [0.2, 0.25) is 5.91 Å². The van der Waals surface area contributed by atoms with E-state index in [1.54, 1.807) is 14.0 Å². The van der Waals surface area contributed by atoms with Gasteiger partial charge in [-0.3, -0.25) is 9.69 Å². The molecule has 3 atom stereocenters. The van der Waals surface area contributed by atoms with Crippen molar-refractivity contribution in [2.24, 2.45) is 5.41 Å². The Morgan fingerprint density at radius 1 is 1.23 bits per heavy atom. The van der Waals surface area contributed by atoms with Gasteiger partial charge >= 0.3 is 6.09 Å². The van der Waals surface area contributed by atoms with Gasteiger partial charge in [-0.05, 0) is 65.3 Å². The van der Waals surface area contributed by atoms with Crippen LogP contribution in [-0.2, 0) is 14.3 Å². The number of piperazine rings is 1. The third kappa shape index (κ3) is 5.26. The van der Waals surface area contributed by atoms with E-state index in [2.05, 4.69) is 4.90 Å². The van der Waals surface area contributed by atoms with Crippen molar-refractivity contribution < 1.29 is 24.2 Å². The highest BCUT2D eigenvalue weighted by molar-refractivity contribution is 5.86. The maximum absolute atomic E-state index is 13.1. The van der Waals surface area contributed by atoms with Crippen molar-refractivity contribution in [2.75, 3.05) is 46.4 Å². The fraction of sp³-hybridized carbons (Fsp3) is 0.909. The summed E-state index contributed by atoms with van der Waals surface area (Å²) in [6, 6.07) is -0.598. The number of piperidine rings is 1. The number of likely N-dealkylation sites (tertiary alicyclic amines) is 1. The Morgan fingerprint density at radius 3 is 2.50 bits per heavy atom. The Kier molecular flexibility index (Phi) is 6.99. The number of carbonyl (C=O) groups excluding carboxylic acids is 2. The maximum Gasteiger partial charge on any atom is 0.411 e. The number of nitrogens with zero attached hydrogens (tertiary/aromatic N) is 3. The lowest BCUT2D eigenvalue weighted by Crippen LogP contribution is -2.61. The molecule has 1 saturated carbocycles. The number of aliphatic hydroxyl groups is 1. The van der Waals surface area contributed by atoms with E-state index in [0.29, 0.717) is 19.7 Å². The topological polar surface area (TPSA) is 82.6 Å². The number of amides is 2. The average molecular weight is 426 g/mol. The van der Waals surface area contributed by atoms with Crippen LogP contribution < -0.4 is 0 Å². The summed E-state index contributed by atoms with van der Waals surface area (Å²) in [6.45, 7) is 11.2. The molecule has 3 fully saturated rings. The van der Waals surface area contributed by atoms with Gasteiger partial charge in [0, 0.05) is 33.3 Å². The smallest absolute Gasteiger partial charge is 0.411 e. The molecule has 172 valence electrons. The van der Waals surface area contributed by atoms with Crippen LogP contribution in [0, 0.1) is 5.41 Å². The lowest BCUT2D eigenvalue weighted by atomic mass is 9.90. The Hall–Kier alpha value is -1.38. The van der Waals surface area contributed by atoms with Gasteiger partial charge in [0.05, 0.1) is 18.8 Å². The second-order valence-electron chi connectivity index (χ2n) is 10.2. The number of carbonyl (C=O) groups is 2. The minimum absolute atomic E-state index is 0.0420. The van der Waals surface area contributed by atoms with Gasteiger partial charge in [-0.1, -0.05) is 0 Å². The standard InChI is InChI=1S/C22H39N3O5/c1-16-19(27)25(13-12-24(16)20(28)30-21(2,3)4)17(15-29-5)6-10-23-11-9-22(7-8-22)18(26)14-23/h16-18,26H,6-15H2,1-5H3/t16?,17-,18?/m0/s1. The number of β-amino-alcohol motifs (C(OH)–C–C–N with tert-alkyl or cyclic N) is 1. The van der Waals surface area contributed by atoms with Crippen LogP contribution in [0.4, 0.5) is 4.79 Å². The van der Waals surface area contributed by atoms with Crippen molar-refractivity contribution in [3.63, 3.8) is 0 Å². The SMILES string of the molecule is COC[C@H](CCN1CCC2(CC2)C(O)C1)N1CCN(C(=O)OC(C)(C)C)C(C)C1=O. The monoisotopic (exact) mass is 425 g/mol. The second-order valence-corrected chi connectivity index (χ2v) is 10.2. The Bertz CT molecular complexity index is 631. The summed E-state index contributed by atoms with van der Waals surface area (Å²) in [5.41, 5.74) is -0.389. The van der Waals surface area contributed by atoms with E-state index in [4.69, 9.17) is 9.47 Å². The third-order valence-corrected chi connectivity index (χ3v) is 6.85. The zero-order valence-corrected chi connectivity index (χ0v) is 19.2. The van der Waals surface area contributed by atoms with Gasteiger partial charge in [-0.25, -0.2) is 4.79 Å². The van der Waals surface area contributed by atoms with E-state index in [1.807, 2.05) is 25.7 Å². The number of aliphatic hydroxyl groups excluding tert-OH is 1. The fourth-order valence-corrected chi connectivity index (χ4v) is 4.70. The molecule has 0 aromatic heterocycles. The van der Waals surface area contributed by atoms with E-state index in [-0.39, 0.29) is 23.5 Å². The van der Waals surface area contributed by atoms with Crippen molar-refractivity contribution in [3.05, 3.63) is 0 Å². The van der Waals surface area contributed by atoms with Gasteiger partial charge in [0.15, 0.2) is 0 Å². The minimum atomic E-state index is -0.590. The van der Waals surface area contributed by atoms with E-state index >= 15 is 0 Å². The molecule has 2 aliphatic heterocycles. The first kappa shape index (κ1) is 23.3. The van der Waals surface area contributed by atoms with Gasteiger partial charge in [0.1, 0.15) is 11.6 Å². The maximum atomic E-state index is 13.1. The molecule has 2 saturated heterocycles. The van der Waals surface area contributed by atoms with Crippen LogP contribution in [0.3, 0.4) is 0 Å². The molecule has 8 heteroatoms. The summed E-state index contributed by atoms with van der Waals surface area (Å²) < 4.78 is 10.9. The molecular weight excluding hydrogens is 386 g/mol. The molecule has 1 spiro atoms. The summed E-state index contributed by atoms with van der Waals surface area (Å²) in [6.07, 6.45) is 3.49. The summed E-state index contributed by atoms with van der Waals surface area (Å²) in [4.78, 5) is 31.2. The van der Waals surface area contributed by atoms with Crippen LogP contribution in [-0.4, -0.2) is 102 Å². The zero-order chi connectivity index (χ0) is 22.1. The molecular formula is C22H39N3O5. The van der Waals surface area contributed by atoms with Gasteiger partial charge < -0.3 is 24.4 Å². The minimum Gasteiger partial charge on any atom is -0.444 e. The summed E-state index contributed by atoms with van der Waals surface area (Å²) >= 11 is 0. The lowest BCUT2D eigenvalue weighted by molar-refractivity contribution is -0.145. The van der Waals surface area contributed by atoms with Crippen molar-refractivity contribution in [1.82, 2.24) is 14.7 Å². The molecule has 2 amide bonds. The first-order valence-corrected chi connectivity index (χ1v) is 11.3. The van der Waals surface area contributed by atoms with Crippen molar-refractivity contribution >= 4 is 12.0 Å². The Morgan fingerprint density at radius 2 is 1.93 bits per heavy atom. The number of rotatable bonds is 6. The summed E-state index contributed by atoms with van der Waals surface area (Å²) in [5, 5.41) is 10.4. The number of hydrogen-bond acceptors (Lipinski definition) is 6. The average Bonchev–Trinajstić information content (AvgIpc) is 3.43. The number of ether oxygens (including phenoxy) is 2. The normalized spacial score (nSPS) is 28.0. The first-order valence-electron chi connectivity index (χ1n) is 11.3. The largest absolute Gasteiger partial charge is 0.444 e. The molecule has 3 rings (SSSR count). The molecule has 0 bridgehead atoms.